The van der Waals surface area contributed by atoms with Crippen LogP contribution in [0.5, 0.6) is 0 Å². The van der Waals surface area contributed by atoms with Crippen molar-refractivity contribution in [2.24, 2.45) is 0 Å². The summed E-state index contributed by atoms with van der Waals surface area (Å²) in [7, 11) is 0. The van der Waals surface area contributed by atoms with Gasteiger partial charge >= 0.3 is 5.97 Å². The molecule has 0 bridgehead atoms. The standard InChI is InChI=1S/C14H20N6O5S.H2O/c15-11-8-12(18-4-17-11)20(5-19-8)13-10(22)9(21)7(25-13)3-16-6(1-2-26)14(23)24;/h4-7,9-10,13,16,21-22,26H,1-3H2,(H,23,24)(H2,15,17,18);1H2/t6-,7+,9+,10+,13+;/m0./s1. The lowest BCUT2D eigenvalue weighted by molar-refractivity contribution is -0.139. The summed E-state index contributed by atoms with van der Waals surface area (Å²) in [6.07, 6.45) is -1.24. The van der Waals surface area contributed by atoms with Crippen LogP contribution in [-0.2, 0) is 9.53 Å². The maximum Gasteiger partial charge on any atom is 0.320 e. The van der Waals surface area contributed by atoms with Crippen LogP contribution < -0.4 is 11.1 Å². The number of aliphatic carboxylic acids is 1. The van der Waals surface area contributed by atoms with E-state index in [1.54, 1.807) is 0 Å². The van der Waals surface area contributed by atoms with E-state index in [0.29, 0.717) is 23.3 Å². The average molecular weight is 402 g/mol. The quantitative estimate of drug-likeness (QED) is 0.270. The molecule has 2 aromatic heterocycles. The van der Waals surface area contributed by atoms with Crippen molar-refractivity contribution in [3.05, 3.63) is 12.7 Å². The predicted molar refractivity (Wildman–Crippen MR) is 97.2 cm³/mol. The first kappa shape index (κ1) is 21.3. The molecule has 1 aliphatic heterocycles. The number of aliphatic hydroxyl groups is 2. The van der Waals surface area contributed by atoms with Crippen LogP contribution in [0, 0.1) is 0 Å². The number of nitrogen functional groups attached to an aromatic ring is 1. The highest BCUT2D eigenvalue weighted by Gasteiger charge is 2.44. The Labute approximate surface area is 159 Å². The predicted octanol–water partition coefficient (Wildman–Crippen LogP) is -2.43. The summed E-state index contributed by atoms with van der Waals surface area (Å²) >= 11 is 4.03. The molecule has 0 spiro atoms. The molecule has 0 aromatic carbocycles. The summed E-state index contributed by atoms with van der Waals surface area (Å²) in [5.41, 5.74) is 6.47. The van der Waals surface area contributed by atoms with E-state index in [9.17, 15) is 15.0 Å². The number of ether oxygens (including phenoxy) is 1. The van der Waals surface area contributed by atoms with Crippen molar-refractivity contribution in [2.45, 2.75) is 37.0 Å². The molecule has 2 aromatic rings. The minimum Gasteiger partial charge on any atom is -0.480 e. The summed E-state index contributed by atoms with van der Waals surface area (Å²) in [6.45, 7) is 0.0449. The third-order valence-corrected chi connectivity index (χ3v) is 4.54. The van der Waals surface area contributed by atoms with Crippen molar-refractivity contribution in [3.8, 4) is 0 Å². The first-order chi connectivity index (χ1) is 12.4. The number of carboxylic acid groups (broad SMARTS) is 1. The summed E-state index contributed by atoms with van der Waals surface area (Å²) in [5, 5.41) is 32.6. The summed E-state index contributed by atoms with van der Waals surface area (Å²) in [4.78, 5) is 23.2. The molecular weight excluding hydrogens is 380 g/mol. The van der Waals surface area contributed by atoms with Crippen LogP contribution in [0.25, 0.3) is 11.2 Å². The van der Waals surface area contributed by atoms with Crippen molar-refractivity contribution in [3.63, 3.8) is 0 Å². The van der Waals surface area contributed by atoms with Gasteiger partial charge < -0.3 is 36.6 Å². The molecular formula is C14H22N6O6S. The summed E-state index contributed by atoms with van der Waals surface area (Å²) < 4.78 is 7.20. The summed E-state index contributed by atoms with van der Waals surface area (Å²) in [6, 6.07) is -0.818. The van der Waals surface area contributed by atoms with Gasteiger partial charge in [-0.05, 0) is 12.2 Å². The fourth-order valence-corrected chi connectivity index (χ4v) is 3.14. The third kappa shape index (κ3) is 4.12. The number of anilines is 1. The minimum absolute atomic E-state index is 0. The molecule has 3 rings (SSSR count). The van der Waals surface area contributed by atoms with Gasteiger partial charge in [-0.2, -0.15) is 12.6 Å². The van der Waals surface area contributed by atoms with Crippen LogP contribution in [0.15, 0.2) is 12.7 Å². The molecule has 0 amide bonds. The number of nitrogens with zero attached hydrogens (tertiary/aromatic N) is 4. The Bertz CT molecular complexity index is 791. The first-order valence-electron chi connectivity index (χ1n) is 7.95. The smallest absolute Gasteiger partial charge is 0.320 e. The van der Waals surface area contributed by atoms with Gasteiger partial charge in [0, 0.05) is 6.54 Å². The zero-order valence-corrected chi connectivity index (χ0v) is 15.0. The highest BCUT2D eigenvalue weighted by atomic mass is 32.1. The Kier molecular flexibility index (Phi) is 6.91. The number of thiol groups is 1. The second-order valence-electron chi connectivity index (χ2n) is 5.94. The third-order valence-electron chi connectivity index (χ3n) is 4.28. The van der Waals surface area contributed by atoms with Gasteiger partial charge in [0.15, 0.2) is 17.7 Å². The number of carbonyl (C=O) groups is 1. The fourth-order valence-electron chi connectivity index (χ4n) is 2.88. The molecule has 0 saturated carbocycles. The molecule has 1 aliphatic rings. The van der Waals surface area contributed by atoms with Gasteiger partial charge in [-0.15, -0.1) is 0 Å². The van der Waals surface area contributed by atoms with Crippen LogP contribution in [0.1, 0.15) is 12.6 Å². The average Bonchev–Trinajstić information content (AvgIpc) is 3.15. The monoisotopic (exact) mass is 402 g/mol. The number of fused-ring (bicyclic) bond motifs is 1. The molecule has 0 radical (unpaired) electrons. The zero-order valence-electron chi connectivity index (χ0n) is 14.1. The number of hydrogen-bond acceptors (Lipinski definition) is 10. The zero-order chi connectivity index (χ0) is 18.8. The van der Waals surface area contributed by atoms with Crippen molar-refractivity contribution in [2.75, 3.05) is 18.0 Å². The number of imidazole rings is 1. The molecule has 3 heterocycles. The van der Waals surface area contributed by atoms with E-state index in [4.69, 9.17) is 15.6 Å². The van der Waals surface area contributed by atoms with Gasteiger partial charge in [-0.1, -0.05) is 0 Å². The van der Waals surface area contributed by atoms with Gasteiger partial charge in [0.2, 0.25) is 0 Å². The van der Waals surface area contributed by atoms with Gasteiger partial charge in [-0.25, -0.2) is 15.0 Å². The van der Waals surface area contributed by atoms with E-state index in [1.165, 1.54) is 17.2 Å². The molecule has 12 nitrogen and oxygen atoms in total. The van der Waals surface area contributed by atoms with Crippen molar-refractivity contribution < 1.29 is 30.3 Å². The van der Waals surface area contributed by atoms with E-state index in [0.717, 1.165) is 0 Å². The second-order valence-corrected chi connectivity index (χ2v) is 6.39. The Balaban J connectivity index is 0.00000261. The van der Waals surface area contributed by atoms with Gasteiger partial charge in [0.05, 0.1) is 6.33 Å². The van der Waals surface area contributed by atoms with Crippen LogP contribution in [-0.4, -0.2) is 82.9 Å². The van der Waals surface area contributed by atoms with Crippen molar-refractivity contribution in [1.29, 1.82) is 0 Å². The molecule has 27 heavy (non-hydrogen) atoms. The number of aliphatic hydroxyl groups excluding tert-OH is 2. The molecule has 8 N–H and O–H groups in total. The Hall–Kier alpha value is -2.03. The van der Waals surface area contributed by atoms with Gasteiger partial charge in [0.25, 0.3) is 0 Å². The molecule has 13 heteroatoms. The lowest BCUT2D eigenvalue weighted by Crippen LogP contribution is -2.44. The minimum atomic E-state index is -1.25. The Morgan fingerprint density at radius 2 is 2.11 bits per heavy atom. The van der Waals surface area contributed by atoms with Crippen LogP contribution in [0.3, 0.4) is 0 Å². The first-order valence-corrected chi connectivity index (χ1v) is 8.59. The second kappa shape index (κ2) is 8.77. The largest absolute Gasteiger partial charge is 0.480 e. The van der Waals surface area contributed by atoms with Crippen LogP contribution in [0.2, 0.25) is 0 Å². The highest BCUT2D eigenvalue weighted by Crippen LogP contribution is 2.31. The fraction of sp³-hybridized carbons (Fsp3) is 0.571. The van der Waals surface area contributed by atoms with E-state index in [2.05, 4.69) is 32.9 Å². The molecule has 5 atom stereocenters. The number of nitrogens with two attached hydrogens (primary N) is 1. The van der Waals surface area contributed by atoms with E-state index >= 15 is 0 Å². The molecule has 1 saturated heterocycles. The lowest BCUT2D eigenvalue weighted by atomic mass is 10.1. The van der Waals surface area contributed by atoms with Crippen LogP contribution >= 0.6 is 12.6 Å². The Morgan fingerprint density at radius 1 is 1.37 bits per heavy atom. The molecule has 150 valence electrons. The topological polar surface area (TPSA) is 200 Å². The van der Waals surface area contributed by atoms with Crippen molar-refractivity contribution in [1.82, 2.24) is 24.8 Å². The van der Waals surface area contributed by atoms with Gasteiger partial charge in [0.1, 0.15) is 36.2 Å². The van der Waals surface area contributed by atoms with Crippen molar-refractivity contribution >= 4 is 35.6 Å². The van der Waals surface area contributed by atoms with Gasteiger partial charge in [-0.3, -0.25) is 9.36 Å². The lowest BCUT2D eigenvalue weighted by Gasteiger charge is -2.19. The SMILES string of the molecule is Nc1ncnc2c1ncn2[C@@H]1O[C@H](CN[C@@H](CCS)C(=O)O)[C@@H](O)[C@H]1O.O. The van der Waals surface area contributed by atoms with E-state index in [1.807, 2.05) is 0 Å². The number of rotatable bonds is 7. The number of carboxylic acids is 1. The molecule has 1 fully saturated rings. The number of aromatic nitrogens is 4. The molecule has 0 unspecified atom stereocenters. The summed E-state index contributed by atoms with van der Waals surface area (Å²) in [5.74, 6) is -0.432. The van der Waals surface area contributed by atoms with Crippen LogP contribution in [0.4, 0.5) is 5.82 Å². The van der Waals surface area contributed by atoms with E-state index in [-0.39, 0.29) is 17.8 Å². The number of hydrogen-bond donors (Lipinski definition) is 6. The maximum absolute atomic E-state index is 11.2. The Morgan fingerprint density at radius 3 is 2.78 bits per heavy atom. The normalized spacial score (nSPS) is 26.0. The maximum atomic E-state index is 11.2. The molecule has 0 aliphatic carbocycles. The number of nitrogens with one attached hydrogen (secondary N) is 1. The highest BCUT2D eigenvalue weighted by molar-refractivity contribution is 7.80. The van der Waals surface area contributed by atoms with E-state index < -0.39 is 36.6 Å².